The predicted molar refractivity (Wildman–Crippen MR) is 94.7 cm³/mol. The van der Waals surface area contributed by atoms with E-state index in [1.165, 1.54) is 25.7 Å². The third-order valence-corrected chi connectivity index (χ3v) is 4.82. The second-order valence-electron chi connectivity index (χ2n) is 6.54. The molecule has 2 N–H and O–H groups in total. The molecule has 1 heterocycles. The molecular weight excluding hydrogens is 312 g/mol. The van der Waals surface area contributed by atoms with E-state index in [0.717, 1.165) is 37.2 Å². The molecule has 128 valence electrons. The van der Waals surface area contributed by atoms with E-state index >= 15 is 0 Å². The van der Waals surface area contributed by atoms with Crippen LogP contribution >= 0.6 is 12.4 Å². The Labute approximate surface area is 144 Å². The Hall–Kier alpha value is -1.26. The Morgan fingerprint density at radius 3 is 2.22 bits per heavy atom. The topological polar surface area (TPSA) is 55.6 Å². The van der Waals surface area contributed by atoms with Crippen molar-refractivity contribution in [3.05, 3.63) is 29.8 Å². The van der Waals surface area contributed by atoms with Crippen molar-refractivity contribution in [1.82, 2.24) is 4.90 Å². The summed E-state index contributed by atoms with van der Waals surface area (Å²) in [5, 5.41) is 0. The number of rotatable bonds is 4. The number of carbonyl (C=O) groups is 1. The van der Waals surface area contributed by atoms with Gasteiger partial charge >= 0.3 is 0 Å². The molecule has 0 aromatic heterocycles. The number of nitrogen functional groups attached to an aromatic ring is 1. The molecule has 23 heavy (non-hydrogen) atoms. The molecule has 5 heteroatoms. The summed E-state index contributed by atoms with van der Waals surface area (Å²) in [4.78, 5) is 14.3. The first-order chi connectivity index (χ1) is 10.7. The molecule has 0 radical (unpaired) electrons. The maximum absolute atomic E-state index is 12.4. The maximum Gasteiger partial charge on any atom is 0.226 e. The van der Waals surface area contributed by atoms with Crippen molar-refractivity contribution in [2.24, 2.45) is 0 Å². The molecule has 2 fully saturated rings. The summed E-state index contributed by atoms with van der Waals surface area (Å²) in [7, 11) is 0. The predicted octanol–water partition coefficient (Wildman–Crippen LogP) is 3.18. The summed E-state index contributed by atoms with van der Waals surface area (Å²) in [6.07, 6.45) is 8.30. The van der Waals surface area contributed by atoms with Crippen molar-refractivity contribution in [3.8, 4) is 0 Å². The Balaban J connectivity index is 0.00000192. The number of piperidine rings is 1. The number of amides is 1. The number of anilines is 1. The highest BCUT2D eigenvalue weighted by molar-refractivity contribution is 5.85. The van der Waals surface area contributed by atoms with E-state index < -0.39 is 0 Å². The number of likely N-dealkylation sites (tertiary alicyclic amines) is 1. The third kappa shape index (κ3) is 5.11. The van der Waals surface area contributed by atoms with Crippen LogP contribution in [-0.4, -0.2) is 36.1 Å². The lowest BCUT2D eigenvalue weighted by Gasteiger charge is -2.33. The molecule has 4 nitrogen and oxygen atoms in total. The Morgan fingerprint density at radius 1 is 1.04 bits per heavy atom. The fraction of sp³-hybridized carbons (Fsp3) is 0.611. The summed E-state index contributed by atoms with van der Waals surface area (Å²) in [5.74, 6) is 0.212. The van der Waals surface area contributed by atoms with E-state index in [9.17, 15) is 4.79 Å². The van der Waals surface area contributed by atoms with Crippen LogP contribution in [0.25, 0.3) is 0 Å². The van der Waals surface area contributed by atoms with Crippen LogP contribution in [0.15, 0.2) is 24.3 Å². The number of nitrogens with zero attached hydrogens (tertiary/aromatic N) is 1. The highest BCUT2D eigenvalue weighted by Gasteiger charge is 2.26. The number of halogens is 1. The van der Waals surface area contributed by atoms with Crippen LogP contribution in [0.2, 0.25) is 0 Å². The normalized spacial score (nSPS) is 19.6. The van der Waals surface area contributed by atoms with E-state index in [1.54, 1.807) is 0 Å². The van der Waals surface area contributed by atoms with Crippen LogP contribution in [0, 0.1) is 0 Å². The zero-order valence-electron chi connectivity index (χ0n) is 13.6. The van der Waals surface area contributed by atoms with E-state index in [1.807, 2.05) is 29.2 Å². The minimum atomic E-state index is 0. The van der Waals surface area contributed by atoms with Gasteiger partial charge in [-0.3, -0.25) is 4.79 Å². The Morgan fingerprint density at radius 2 is 1.61 bits per heavy atom. The lowest BCUT2D eigenvalue weighted by molar-refractivity contribution is -0.133. The number of nitrogens with two attached hydrogens (primary N) is 1. The largest absolute Gasteiger partial charge is 0.399 e. The number of hydrogen-bond donors (Lipinski definition) is 1. The average Bonchev–Trinajstić information content (AvgIpc) is 3.03. The summed E-state index contributed by atoms with van der Waals surface area (Å²) in [6, 6.07) is 7.57. The first-order valence-electron chi connectivity index (χ1n) is 8.48. The standard InChI is InChI=1S/C18H26N2O2.ClH/c19-15-7-5-14(6-8-15)13-18(21)20-11-9-17(10-12-20)22-16-3-1-2-4-16;/h5-8,16-17H,1-4,9-13,19H2;1H. The van der Waals surface area contributed by atoms with Gasteiger partial charge in [0.25, 0.3) is 0 Å². The number of ether oxygens (including phenoxy) is 1. The van der Waals surface area contributed by atoms with E-state index in [0.29, 0.717) is 18.6 Å². The Bertz CT molecular complexity index is 492. The van der Waals surface area contributed by atoms with Gasteiger partial charge in [-0.05, 0) is 43.4 Å². The fourth-order valence-electron chi connectivity index (χ4n) is 3.46. The van der Waals surface area contributed by atoms with Crippen LogP contribution in [0.5, 0.6) is 0 Å². The monoisotopic (exact) mass is 338 g/mol. The first kappa shape index (κ1) is 18.1. The summed E-state index contributed by atoms with van der Waals surface area (Å²) < 4.78 is 6.16. The van der Waals surface area contributed by atoms with E-state index in [-0.39, 0.29) is 18.3 Å². The molecule has 0 spiro atoms. The highest BCUT2D eigenvalue weighted by Crippen LogP contribution is 2.25. The van der Waals surface area contributed by atoms with Crippen LogP contribution in [-0.2, 0) is 16.0 Å². The van der Waals surface area contributed by atoms with Crippen molar-refractivity contribution < 1.29 is 9.53 Å². The zero-order chi connectivity index (χ0) is 15.4. The van der Waals surface area contributed by atoms with Crippen LogP contribution in [0.4, 0.5) is 5.69 Å². The number of hydrogen-bond acceptors (Lipinski definition) is 3. The summed E-state index contributed by atoms with van der Waals surface area (Å²) in [5.41, 5.74) is 7.44. The molecule has 0 bridgehead atoms. The molecule has 1 saturated carbocycles. The zero-order valence-corrected chi connectivity index (χ0v) is 14.4. The Kier molecular flexibility index (Phi) is 6.72. The van der Waals surface area contributed by atoms with Crippen molar-refractivity contribution in [2.75, 3.05) is 18.8 Å². The second-order valence-corrected chi connectivity index (χ2v) is 6.54. The second kappa shape index (κ2) is 8.55. The van der Waals surface area contributed by atoms with Crippen LogP contribution < -0.4 is 5.73 Å². The third-order valence-electron chi connectivity index (χ3n) is 4.82. The molecular formula is C18H27ClN2O2. The quantitative estimate of drug-likeness (QED) is 0.858. The smallest absolute Gasteiger partial charge is 0.226 e. The molecule has 1 aliphatic carbocycles. The molecule has 1 amide bonds. The fourth-order valence-corrected chi connectivity index (χ4v) is 3.46. The SMILES string of the molecule is Cl.Nc1ccc(CC(=O)N2CCC(OC3CCCC3)CC2)cc1. The van der Waals surface area contributed by atoms with E-state index in [4.69, 9.17) is 10.5 Å². The summed E-state index contributed by atoms with van der Waals surface area (Å²) >= 11 is 0. The minimum absolute atomic E-state index is 0. The van der Waals surface area contributed by atoms with Gasteiger partial charge in [-0.1, -0.05) is 25.0 Å². The van der Waals surface area contributed by atoms with Crippen LogP contribution in [0.3, 0.4) is 0 Å². The molecule has 1 aliphatic heterocycles. The van der Waals surface area contributed by atoms with Crippen LogP contribution in [0.1, 0.15) is 44.1 Å². The van der Waals surface area contributed by atoms with Gasteiger partial charge < -0.3 is 15.4 Å². The molecule has 1 saturated heterocycles. The minimum Gasteiger partial charge on any atom is -0.399 e. The first-order valence-corrected chi connectivity index (χ1v) is 8.48. The lowest BCUT2D eigenvalue weighted by atomic mass is 10.1. The molecule has 0 atom stereocenters. The number of carbonyl (C=O) groups excluding carboxylic acids is 1. The van der Waals surface area contributed by atoms with Crippen molar-refractivity contribution in [3.63, 3.8) is 0 Å². The molecule has 0 unspecified atom stereocenters. The van der Waals surface area contributed by atoms with Gasteiger partial charge in [-0.25, -0.2) is 0 Å². The number of benzene rings is 1. The van der Waals surface area contributed by atoms with Crippen molar-refractivity contribution >= 4 is 24.0 Å². The van der Waals surface area contributed by atoms with Crippen molar-refractivity contribution in [2.45, 2.75) is 57.2 Å². The molecule has 1 aromatic carbocycles. The average molecular weight is 339 g/mol. The maximum atomic E-state index is 12.4. The van der Waals surface area contributed by atoms with Crippen molar-refractivity contribution in [1.29, 1.82) is 0 Å². The van der Waals surface area contributed by atoms with Gasteiger partial charge in [0, 0.05) is 18.8 Å². The van der Waals surface area contributed by atoms with Gasteiger partial charge in [-0.15, -0.1) is 12.4 Å². The van der Waals surface area contributed by atoms with Gasteiger partial charge in [0.05, 0.1) is 18.6 Å². The lowest BCUT2D eigenvalue weighted by Crippen LogP contribution is -2.42. The molecule has 3 rings (SSSR count). The van der Waals surface area contributed by atoms with E-state index in [2.05, 4.69) is 0 Å². The van der Waals surface area contributed by atoms with Gasteiger partial charge in [0.1, 0.15) is 0 Å². The highest BCUT2D eigenvalue weighted by atomic mass is 35.5. The van der Waals surface area contributed by atoms with Gasteiger partial charge in [0.15, 0.2) is 0 Å². The van der Waals surface area contributed by atoms with Gasteiger partial charge in [0.2, 0.25) is 5.91 Å². The molecule has 2 aliphatic rings. The summed E-state index contributed by atoms with van der Waals surface area (Å²) in [6.45, 7) is 1.65. The molecule has 1 aromatic rings. The van der Waals surface area contributed by atoms with Gasteiger partial charge in [-0.2, -0.15) is 0 Å².